The number of rotatable bonds is 2. The molecular formula is C7H7Cl2NO3S. The minimum Gasteiger partial charge on any atom is -0.505 e. The van der Waals surface area contributed by atoms with Crippen LogP contribution in [-0.4, -0.2) is 19.8 Å². The van der Waals surface area contributed by atoms with Gasteiger partial charge in [0.2, 0.25) is 10.0 Å². The van der Waals surface area contributed by atoms with Crippen molar-refractivity contribution in [1.29, 1.82) is 0 Å². The molecule has 0 heterocycles. The van der Waals surface area contributed by atoms with Gasteiger partial charge in [-0.3, -0.25) is 4.72 Å². The van der Waals surface area contributed by atoms with E-state index in [9.17, 15) is 13.5 Å². The van der Waals surface area contributed by atoms with Gasteiger partial charge in [-0.25, -0.2) is 8.42 Å². The summed E-state index contributed by atoms with van der Waals surface area (Å²) in [7, 11) is -3.37. The monoisotopic (exact) mass is 255 g/mol. The van der Waals surface area contributed by atoms with Gasteiger partial charge < -0.3 is 5.11 Å². The van der Waals surface area contributed by atoms with Crippen molar-refractivity contribution in [2.75, 3.05) is 11.0 Å². The number of hydrogen-bond acceptors (Lipinski definition) is 3. The van der Waals surface area contributed by atoms with Crippen LogP contribution in [-0.2, 0) is 10.0 Å². The third-order valence-corrected chi connectivity index (χ3v) is 2.50. The first-order valence-electron chi connectivity index (χ1n) is 3.45. The van der Waals surface area contributed by atoms with Gasteiger partial charge in [-0.2, -0.15) is 0 Å². The number of anilines is 1. The molecule has 1 rings (SSSR count). The molecule has 0 amide bonds. The minimum atomic E-state index is -3.37. The molecule has 0 atom stereocenters. The highest BCUT2D eigenvalue weighted by Crippen LogP contribution is 2.34. The van der Waals surface area contributed by atoms with E-state index in [2.05, 4.69) is 4.72 Å². The van der Waals surface area contributed by atoms with E-state index in [0.29, 0.717) is 0 Å². The summed E-state index contributed by atoms with van der Waals surface area (Å²) in [6.07, 6.45) is 1.00. The van der Waals surface area contributed by atoms with Crippen LogP contribution in [0.2, 0.25) is 10.0 Å². The van der Waals surface area contributed by atoms with E-state index >= 15 is 0 Å². The topological polar surface area (TPSA) is 66.4 Å². The lowest BCUT2D eigenvalue weighted by Gasteiger charge is -2.06. The second-order valence-electron chi connectivity index (χ2n) is 2.66. The SMILES string of the molecule is CS(=O)(=O)Nc1cc(Cl)c(O)c(Cl)c1. The van der Waals surface area contributed by atoms with Crippen LogP contribution in [0.4, 0.5) is 5.69 Å². The van der Waals surface area contributed by atoms with Crippen LogP contribution >= 0.6 is 23.2 Å². The molecule has 0 unspecified atom stereocenters. The van der Waals surface area contributed by atoms with Crippen molar-refractivity contribution in [3.8, 4) is 5.75 Å². The van der Waals surface area contributed by atoms with Crippen LogP contribution < -0.4 is 4.72 Å². The quantitative estimate of drug-likeness (QED) is 0.796. The molecule has 0 spiro atoms. The third-order valence-electron chi connectivity index (χ3n) is 1.32. The average Bonchev–Trinajstić information content (AvgIpc) is 1.96. The van der Waals surface area contributed by atoms with Crippen LogP contribution in [0.25, 0.3) is 0 Å². The molecule has 2 N–H and O–H groups in total. The van der Waals surface area contributed by atoms with Crippen LogP contribution in [0, 0.1) is 0 Å². The number of sulfonamides is 1. The summed E-state index contributed by atoms with van der Waals surface area (Å²) in [6.45, 7) is 0. The first-order chi connectivity index (χ1) is 6.29. The number of phenolic OH excluding ortho intramolecular Hbond substituents is 1. The van der Waals surface area contributed by atoms with Gasteiger partial charge in [0.15, 0.2) is 5.75 Å². The van der Waals surface area contributed by atoms with Crippen molar-refractivity contribution in [2.24, 2.45) is 0 Å². The molecule has 0 saturated heterocycles. The standard InChI is InChI=1S/C7H7Cl2NO3S/c1-14(12,13)10-4-2-5(8)7(11)6(9)3-4/h2-3,10-11H,1H3. The molecule has 0 aliphatic heterocycles. The van der Waals surface area contributed by atoms with Crippen molar-refractivity contribution in [3.63, 3.8) is 0 Å². The summed E-state index contributed by atoms with van der Waals surface area (Å²) in [6, 6.07) is 2.54. The van der Waals surface area contributed by atoms with Gasteiger partial charge in [0.25, 0.3) is 0 Å². The highest BCUT2D eigenvalue weighted by atomic mass is 35.5. The number of aromatic hydroxyl groups is 1. The lowest BCUT2D eigenvalue weighted by atomic mass is 10.3. The molecule has 1 aromatic carbocycles. The van der Waals surface area contributed by atoms with Gasteiger partial charge in [0, 0.05) is 0 Å². The lowest BCUT2D eigenvalue weighted by Crippen LogP contribution is -2.09. The maximum atomic E-state index is 10.8. The maximum Gasteiger partial charge on any atom is 0.229 e. The largest absolute Gasteiger partial charge is 0.505 e. The molecule has 1 aromatic rings. The Morgan fingerprint density at radius 2 is 1.71 bits per heavy atom. The van der Waals surface area contributed by atoms with Gasteiger partial charge >= 0.3 is 0 Å². The molecule has 14 heavy (non-hydrogen) atoms. The third kappa shape index (κ3) is 2.94. The summed E-state index contributed by atoms with van der Waals surface area (Å²) < 4.78 is 23.9. The van der Waals surface area contributed by atoms with Gasteiger partial charge in [-0.15, -0.1) is 0 Å². The maximum absolute atomic E-state index is 10.8. The molecule has 0 aromatic heterocycles. The molecule has 7 heteroatoms. The van der Waals surface area contributed by atoms with E-state index in [1.165, 1.54) is 12.1 Å². The second kappa shape index (κ2) is 3.84. The minimum absolute atomic E-state index is 0.0105. The first kappa shape index (κ1) is 11.4. The van der Waals surface area contributed by atoms with Crippen LogP contribution in [0.1, 0.15) is 0 Å². The number of halogens is 2. The molecule has 0 aliphatic rings. The number of nitrogens with one attached hydrogen (secondary N) is 1. The Morgan fingerprint density at radius 1 is 1.29 bits per heavy atom. The number of benzene rings is 1. The number of hydrogen-bond donors (Lipinski definition) is 2. The van der Waals surface area contributed by atoms with Crippen molar-refractivity contribution in [1.82, 2.24) is 0 Å². The zero-order chi connectivity index (χ0) is 10.9. The molecule has 78 valence electrons. The Morgan fingerprint density at radius 3 is 2.07 bits per heavy atom. The zero-order valence-corrected chi connectivity index (χ0v) is 9.41. The second-order valence-corrected chi connectivity index (χ2v) is 5.23. The fourth-order valence-electron chi connectivity index (χ4n) is 0.839. The van der Waals surface area contributed by atoms with Crippen molar-refractivity contribution in [2.45, 2.75) is 0 Å². The lowest BCUT2D eigenvalue weighted by molar-refractivity contribution is 0.476. The highest BCUT2D eigenvalue weighted by molar-refractivity contribution is 7.92. The predicted molar refractivity (Wildman–Crippen MR) is 56.6 cm³/mol. The summed E-state index contributed by atoms with van der Waals surface area (Å²) in [5.74, 6) is -0.271. The van der Waals surface area contributed by atoms with E-state index in [1.54, 1.807) is 0 Å². The predicted octanol–water partition coefficient (Wildman–Crippen LogP) is 2.07. The van der Waals surface area contributed by atoms with Crippen molar-refractivity contribution >= 4 is 38.9 Å². The van der Waals surface area contributed by atoms with Gasteiger partial charge in [-0.05, 0) is 12.1 Å². The van der Waals surface area contributed by atoms with E-state index in [0.717, 1.165) is 6.26 Å². The first-order valence-corrected chi connectivity index (χ1v) is 6.10. The zero-order valence-electron chi connectivity index (χ0n) is 7.08. The van der Waals surface area contributed by atoms with E-state index in [-0.39, 0.29) is 21.5 Å². The summed E-state index contributed by atoms with van der Waals surface area (Å²) >= 11 is 11.2. The van der Waals surface area contributed by atoms with Crippen molar-refractivity contribution < 1.29 is 13.5 Å². The average molecular weight is 256 g/mol. The van der Waals surface area contributed by atoms with E-state index in [1.807, 2.05) is 0 Å². The smallest absolute Gasteiger partial charge is 0.229 e. The van der Waals surface area contributed by atoms with E-state index in [4.69, 9.17) is 23.2 Å². The highest BCUT2D eigenvalue weighted by Gasteiger charge is 2.09. The summed E-state index contributed by atoms with van der Waals surface area (Å²) in [5.41, 5.74) is 0.209. The Hall–Kier alpha value is -0.650. The Labute approximate surface area is 91.5 Å². The molecule has 0 saturated carbocycles. The van der Waals surface area contributed by atoms with Crippen LogP contribution in [0.15, 0.2) is 12.1 Å². The molecular weight excluding hydrogens is 249 g/mol. The van der Waals surface area contributed by atoms with Gasteiger partial charge in [0.05, 0.1) is 22.0 Å². The Bertz CT molecular complexity index is 435. The van der Waals surface area contributed by atoms with Crippen molar-refractivity contribution in [3.05, 3.63) is 22.2 Å². The van der Waals surface area contributed by atoms with Crippen LogP contribution in [0.5, 0.6) is 5.75 Å². The molecule has 0 bridgehead atoms. The molecule has 4 nitrogen and oxygen atoms in total. The normalized spacial score (nSPS) is 11.4. The molecule has 0 radical (unpaired) electrons. The van der Waals surface area contributed by atoms with Gasteiger partial charge in [0.1, 0.15) is 0 Å². The van der Waals surface area contributed by atoms with E-state index < -0.39 is 10.0 Å². The number of phenols is 1. The fourth-order valence-corrected chi connectivity index (χ4v) is 1.87. The Kier molecular flexibility index (Phi) is 3.14. The fraction of sp³-hybridized carbons (Fsp3) is 0.143. The summed E-state index contributed by atoms with van der Waals surface area (Å²) in [5, 5.41) is 9.17. The summed E-state index contributed by atoms with van der Waals surface area (Å²) in [4.78, 5) is 0. The van der Waals surface area contributed by atoms with Crippen LogP contribution in [0.3, 0.4) is 0 Å². The molecule has 0 aliphatic carbocycles. The molecule has 0 fully saturated rings. The van der Waals surface area contributed by atoms with Gasteiger partial charge in [-0.1, -0.05) is 23.2 Å². The Balaban J connectivity index is 3.14.